The van der Waals surface area contributed by atoms with Gasteiger partial charge in [0.25, 0.3) is 0 Å². The summed E-state index contributed by atoms with van der Waals surface area (Å²) >= 11 is 0. The van der Waals surface area contributed by atoms with Gasteiger partial charge in [0.2, 0.25) is 11.8 Å². The summed E-state index contributed by atoms with van der Waals surface area (Å²) in [7, 11) is 0. The Morgan fingerprint density at radius 1 is 1.14 bits per heavy atom. The molecule has 1 saturated carbocycles. The summed E-state index contributed by atoms with van der Waals surface area (Å²) in [5.41, 5.74) is 1.03. The number of nitrogens with one attached hydrogen (secondary N) is 3. The number of unbranched alkanes of at least 4 members (excludes halogenated alkanes) is 1. The normalized spacial score (nSPS) is 24.0. The third-order valence-electron chi connectivity index (χ3n) is 5.35. The molecular weight excluding hydrogens is 358 g/mol. The predicted molar refractivity (Wildman–Crippen MR) is 106 cm³/mol. The summed E-state index contributed by atoms with van der Waals surface area (Å²) in [6.07, 6.45) is 6.19. The van der Waals surface area contributed by atoms with Gasteiger partial charge in [0.15, 0.2) is 0 Å². The molecular formula is C21H29N3O4. The van der Waals surface area contributed by atoms with Crippen LogP contribution in [0, 0.1) is 0 Å². The van der Waals surface area contributed by atoms with Gasteiger partial charge in [0.1, 0.15) is 0 Å². The molecule has 3 unspecified atom stereocenters. The number of rotatable bonds is 7. The zero-order valence-corrected chi connectivity index (χ0v) is 16.3. The summed E-state index contributed by atoms with van der Waals surface area (Å²) in [6.45, 7) is 2.44. The zero-order valence-electron chi connectivity index (χ0n) is 16.3. The van der Waals surface area contributed by atoms with E-state index >= 15 is 0 Å². The molecule has 1 heterocycles. The van der Waals surface area contributed by atoms with Crippen molar-refractivity contribution in [2.45, 2.75) is 70.0 Å². The van der Waals surface area contributed by atoms with Gasteiger partial charge in [-0.05, 0) is 43.5 Å². The summed E-state index contributed by atoms with van der Waals surface area (Å²) in [5.74, 6) is -0.708. The summed E-state index contributed by atoms with van der Waals surface area (Å²) < 4.78 is 5.17. The number of anilines is 1. The lowest BCUT2D eigenvalue weighted by Crippen LogP contribution is -2.65. The Morgan fingerprint density at radius 2 is 1.86 bits per heavy atom. The minimum absolute atomic E-state index is 0.0792. The molecule has 7 nitrogen and oxygen atoms in total. The van der Waals surface area contributed by atoms with Crippen molar-refractivity contribution in [3.05, 3.63) is 29.8 Å². The number of hydrogen-bond acceptors (Lipinski definition) is 5. The van der Waals surface area contributed by atoms with E-state index in [2.05, 4.69) is 16.0 Å². The Labute approximate surface area is 165 Å². The molecule has 3 atom stereocenters. The van der Waals surface area contributed by atoms with Crippen molar-refractivity contribution < 1.29 is 19.1 Å². The van der Waals surface area contributed by atoms with Crippen LogP contribution < -0.4 is 16.0 Å². The molecule has 2 fully saturated rings. The molecule has 1 aromatic rings. The minimum Gasteiger partial charge on any atom is -0.462 e. The Bertz CT molecular complexity index is 704. The molecule has 28 heavy (non-hydrogen) atoms. The molecule has 0 radical (unpaired) electrons. The van der Waals surface area contributed by atoms with Crippen LogP contribution in [0.4, 0.5) is 5.69 Å². The highest BCUT2D eigenvalue weighted by molar-refractivity contribution is 5.96. The predicted octanol–water partition coefficient (Wildman–Crippen LogP) is 2.37. The van der Waals surface area contributed by atoms with Crippen LogP contribution in [0.15, 0.2) is 24.3 Å². The molecule has 0 spiro atoms. The first-order valence-corrected chi connectivity index (χ1v) is 10.2. The third kappa shape index (κ3) is 5.32. The van der Waals surface area contributed by atoms with E-state index in [0.29, 0.717) is 17.9 Å². The molecule has 0 aromatic heterocycles. The summed E-state index contributed by atoms with van der Waals surface area (Å²) in [6, 6.07) is 6.52. The van der Waals surface area contributed by atoms with Crippen LogP contribution in [0.3, 0.4) is 0 Å². The maximum atomic E-state index is 12.4. The topological polar surface area (TPSA) is 96.5 Å². The fourth-order valence-electron chi connectivity index (χ4n) is 3.75. The fraction of sp³-hybridized carbons (Fsp3) is 0.571. The van der Waals surface area contributed by atoms with Crippen molar-refractivity contribution in [3.63, 3.8) is 0 Å². The first kappa shape index (κ1) is 20.3. The SMILES string of the molecule is CCCCOC(=O)c1ccc(NC(=O)CC2NC3CCCCC3NC2=O)cc1. The van der Waals surface area contributed by atoms with Gasteiger partial charge in [0.05, 0.1) is 24.6 Å². The first-order valence-electron chi connectivity index (χ1n) is 10.2. The van der Waals surface area contributed by atoms with Crippen LogP contribution in [-0.4, -0.2) is 42.5 Å². The zero-order chi connectivity index (χ0) is 19.9. The van der Waals surface area contributed by atoms with E-state index in [1.165, 1.54) is 0 Å². The maximum Gasteiger partial charge on any atom is 0.338 e. The van der Waals surface area contributed by atoms with E-state index in [0.717, 1.165) is 38.5 Å². The van der Waals surface area contributed by atoms with Crippen molar-refractivity contribution in [1.82, 2.24) is 10.6 Å². The van der Waals surface area contributed by atoms with E-state index in [-0.39, 0.29) is 36.3 Å². The van der Waals surface area contributed by atoms with E-state index in [4.69, 9.17) is 4.74 Å². The molecule has 1 aromatic carbocycles. The smallest absolute Gasteiger partial charge is 0.338 e. The highest BCUT2D eigenvalue weighted by Gasteiger charge is 2.36. The minimum atomic E-state index is -0.507. The molecule has 1 aliphatic heterocycles. The van der Waals surface area contributed by atoms with Crippen LogP contribution in [0.5, 0.6) is 0 Å². The fourth-order valence-corrected chi connectivity index (χ4v) is 3.75. The number of benzene rings is 1. The average Bonchev–Trinajstić information content (AvgIpc) is 2.69. The molecule has 2 aliphatic rings. The molecule has 152 valence electrons. The van der Waals surface area contributed by atoms with Crippen molar-refractivity contribution in [2.75, 3.05) is 11.9 Å². The monoisotopic (exact) mass is 387 g/mol. The number of carbonyl (C=O) groups is 3. The summed E-state index contributed by atoms with van der Waals surface area (Å²) in [5, 5.41) is 9.17. The first-order chi connectivity index (χ1) is 13.6. The molecule has 3 rings (SSSR count). The van der Waals surface area contributed by atoms with Crippen LogP contribution in [0.2, 0.25) is 0 Å². The highest BCUT2D eigenvalue weighted by atomic mass is 16.5. The Kier molecular flexibility index (Phi) is 7.03. The van der Waals surface area contributed by atoms with E-state index in [1.807, 2.05) is 6.92 Å². The second kappa shape index (κ2) is 9.68. The lowest BCUT2D eigenvalue weighted by molar-refractivity contribution is -0.129. The Balaban J connectivity index is 1.49. The largest absolute Gasteiger partial charge is 0.462 e. The lowest BCUT2D eigenvalue weighted by atomic mass is 9.87. The second-order valence-corrected chi connectivity index (χ2v) is 7.54. The van der Waals surface area contributed by atoms with Crippen LogP contribution in [0.25, 0.3) is 0 Å². The molecule has 3 N–H and O–H groups in total. The van der Waals surface area contributed by atoms with Gasteiger partial charge >= 0.3 is 5.97 Å². The van der Waals surface area contributed by atoms with Gasteiger partial charge in [-0.1, -0.05) is 26.2 Å². The van der Waals surface area contributed by atoms with Crippen molar-refractivity contribution >= 4 is 23.5 Å². The van der Waals surface area contributed by atoms with Crippen molar-refractivity contribution in [2.24, 2.45) is 0 Å². The number of esters is 1. The van der Waals surface area contributed by atoms with Gasteiger partial charge < -0.3 is 20.7 Å². The maximum absolute atomic E-state index is 12.4. The molecule has 7 heteroatoms. The number of ether oxygens (including phenoxy) is 1. The van der Waals surface area contributed by atoms with E-state index < -0.39 is 6.04 Å². The lowest BCUT2D eigenvalue weighted by Gasteiger charge is -2.40. The average molecular weight is 387 g/mol. The van der Waals surface area contributed by atoms with Gasteiger partial charge in [-0.2, -0.15) is 0 Å². The van der Waals surface area contributed by atoms with E-state index in [9.17, 15) is 14.4 Å². The van der Waals surface area contributed by atoms with Crippen LogP contribution >= 0.6 is 0 Å². The Morgan fingerprint density at radius 3 is 2.57 bits per heavy atom. The second-order valence-electron chi connectivity index (χ2n) is 7.54. The number of hydrogen-bond donors (Lipinski definition) is 3. The number of piperazine rings is 1. The number of carbonyl (C=O) groups excluding carboxylic acids is 3. The van der Waals surface area contributed by atoms with Gasteiger partial charge in [-0.25, -0.2) is 4.79 Å². The highest BCUT2D eigenvalue weighted by Crippen LogP contribution is 2.22. The molecule has 0 bridgehead atoms. The quantitative estimate of drug-likeness (QED) is 0.493. The number of amides is 2. The standard InChI is InChI=1S/C21H29N3O4/c1-2-3-12-28-21(27)14-8-10-15(11-9-14)22-19(25)13-18-20(26)24-17-7-5-4-6-16(17)23-18/h8-11,16-18,23H,2-7,12-13H2,1H3,(H,22,25)(H,24,26). The van der Waals surface area contributed by atoms with Gasteiger partial charge in [-0.15, -0.1) is 0 Å². The molecule has 1 saturated heterocycles. The van der Waals surface area contributed by atoms with Gasteiger partial charge in [-0.3, -0.25) is 9.59 Å². The molecule has 2 amide bonds. The van der Waals surface area contributed by atoms with E-state index in [1.54, 1.807) is 24.3 Å². The van der Waals surface area contributed by atoms with Crippen LogP contribution in [-0.2, 0) is 14.3 Å². The van der Waals surface area contributed by atoms with Crippen LogP contribution in [0.1, 0.15) is 62.2 Å². The number of fused-ring (bicyclic) bond motifs is 1. The summed E-state index contributed by atoms with van der Waals surface area (Å²) in [4.78, 5) is 36.5. The molecule has 1 aliphatic carbocycles. The van der Waals surface area contributed by atoms with Crippen molar-refractivity contribution in [1.29, 1.82) is 0 Å². The Hall–Kier alpha value is -2.41. The van der Waals surface area contributed by atoms with Crippen molar-refractivity contribution in [3.8, 4) is 0 Å². The third-order valence-corrected chi connectivity index (χ3v) is 5.35. The van der Waals surface area contributed by atoms with Gasteiger partial charge in [0, 0.05) is 17.8 Å².